The maximum absolute atomic E-state index is 13.2. The van der Waals surface area contributed by atoms with Gasteiger partial charge in [0.25, 0.3) is 5.56 Å². The van der Waals surface area contributed by atoms with E-state index >= 15 is 0 Å². The molecule has 0 aliphatic heterocycles. The van der Waals surface area contributed by atoms with Crippen LogP contribution in [0.5, 0.6) is 0 Å². The summed E-state index contributed by atoms with van der Waals surface area (Å²) in [6, 6.07) is 0.981. The number of hydrogen-bond donors (Lipinski definition) is 1. The molecule has 0 saturated carbocycles. The van der Waals surface area contributed by atoms with Gasteiger partial charge >= 0.3 is 6.18 Å². The Labute approximate surface area is 144 Å². The van der Waals surface area contributed by atoms with Crippen molar-refractivity contribution in [3.63, 3.8) is 0 Å². The average Bonchev–Trinajstić information content (AvgIpc) is 3.00. The molecule has 3 rings (SSSR count). The molecule has 0 bridgehead atoms. The number of nitrogens with zero attached hydrogens (tertiary/aromatic N) is 2. The minimum atomic E-state index is -4.44. The van der Waals surface area contributed by atoms with Crippen molar-refractivity contribution < 1.29 is 13.2 Å². The van der Waals surface area contributed by atoms with E-state index in [9.17, 15) is 18.0 Å². The van der Waals surface area contributed by atoms with Crippen LogP contribution >= 0.6 is 23.5 Å². The molecule has 0 amide bonds. The van der Waals surface area contributed by atoms with Crippen LogP contribution in [0.3, 0.4) is 0 Å². The van der Waals surface area contributed by atoms with Gasteiger partial charge in [-0.05, 0) is 31.6 Å². The monoisotopic (exact) mass is 373 g/mol. The van der Waals surface area contributed by atoms with Crippen LogP contribution in [0, 0.1) is 0 Å². The van der Waals surface area contributed by atoms with Gasteiger partial charge in [0.15, 0.2) is 5.16 Å². The molecule has 2 aromatic rings. The van der Waals surface area contributed by atoms with Crippen LogP contribution in [0.2, 0.25) is 0 Å². The third-order valence-electron chi connectivity index (χ3n) is 3.79. The first-order valence-electron chi connectivity index (χ1n) is 7.24. The summed E-state index contributed by atoms with van der Waals surface area (Å²) in [5.74, 6) is 0.0422. The van der Waals surface area contributed by atoms with Gasteiger partial charge in [-0.25, -0.2) is 9.97 Å². The number of rotatable bonds is 4. The normalized spacial score (nSPS) is 14.0. The Bertz CT molecular complexity index is 821. The molecule has 0 atom stereocenters. The molecule has 1 aliphatic rings. The molecule has 4 nitrogen and oxygen atoms in total. The van der Waals surface area contributed by atoms with Gasteiger partial charge in [0.2, 0.25) is 0 Å². The van der Waals surface area contributed by atoms with E-state index in [0.29, 0.717) is 22.2 Å². The lowest BCUT2D eigenvalue weighted by atomic mass is 10.1. The molecule has 2 aromatic heterocycles. The highest BCUT2D eigenvalue weighted by Gasteiger charge is 2.34. The fourth-order valence-electron chi connectivity index (χ4n) is 2.68. The second kappa shape index (κ2) is 6.79. The van der Waals surface area contributed by atoms with Crippen molar-refractivity contribution in [2.24, 2.45) is 0 Å². The Morgan fingerprint density at radius 2 is 2.12 bits per heavy atom. The molecule has 9 heteroatoms. The van der Waals surface area contributed by atoms with Crippen LogP contribution in [-0.2, 0) is 24.8 Å². The van der Waals surface area contributed by atoms with Gasteiger partial charge < -0.3 is 4.98 Å². The van der Waals surface area contributed by atoms with Gasteiger partial charge in [-0.3, -0.25) is 4.79 Å². The van der Waals surface area contributed by atoms with Gasteiger partial charge in [0.05, 0.1) is 11.3 Å². The summed E-state index contributed by atoms with van der Waals surface area (Å²) < 4.78 is 39.6. The molecule has 2 heterocycles. The van der Waals surface area contributed by atoms with E-state index in [1.807, 2.05) is 0 Å². The first kappa shape index (κ1) is 17.3. The van der Waals surface area contributed by atoms with Crippen LogP contribution in [0.4, 0.5) is 13.2 Å². The summed E-state index contributed by atoms with van der Waals surface area (Å²) in [5.41, 5.74) is 0.686. The zero-order chi connectivity index (χ0) is 17.3. The number of fused-ring (bicyclic) bond motifs is 1. The number of aryl methyl sites for hydroxylation is 1. The molecular formula is C15H14F3N3OS2. The molecule has 0 unspecified atom stereocenters. The summed E-state index contributed by atoms with van der Waals surface area (Å²) >= 11 is 2.26. The highest BCUT2D eigenvalue weighted by molar-refractivity contribution is 7.99. The van der Waals surface area contributed by atoms with Crippen molar-refractivity contribution in [1.29, 1.82) is 0 Å². The third kappa shape index (κ3) is 3.46. The number of pyridine rings is 1. The molecule has 0 spiro atoms. The number of hydrogen-bond acceptors (Lipinski definition) is 5. The summed E-state index contributed by atoms with van der Waals surface area (Å²) in [5, 5.41) is 0.686. The molecule has 0 aromatic carbocycles. The SMILES string of the molecule is CSc1nccc(C(F)(F)F)c1CSc1nc2c(c(=O)[nH]1)CCC2. The van der Waals surface area contributed by atoms with Gasteiger partial charge in [0, 0.05) is 23.1 Å². The maximum atomic E-state index is 13.2. The van der Waals surface area contributed by atoms with E-state index in [2.05, 4.69) is 15.0 Å². The van der Waals surface area contributed by atoms with E-state index in [-0.39, 0.29) is 16.9 Å². The maximum Gasteiger partial charge on any atom is 0.416 e. The standard InChI is InChI=1S/C15H14F3N3OS2/c1-23-13-9(10(5-6-19-13)15(16,17)18)7-24-14-20-11-4-2-3-8(11)12(22)21-14/h5-6H,2-4,7H2,1H3,(H,20,21,22). The Balaban J connectivity index is 1.90. The van der Waals surface area contributed by atoms with Crippen LogP contribution in [0.15, 0.2) is 27.2 Å². The van der Waals surface area contributed by atoms with Gasteiger partial charge in [0.1, 0.15) is 5.03 Å². The average molecular weight is 373 g/mol. The molecule has 24 heavy (non-hydrogen) atoms. The van der Waals surface area contributed by atoms with Crippen LogP contribution in [0.1, 0.15) is 28.8 Å². The quantitative estimate of drug-likeness (QED) is 0.654. The molecule has 0 saturated heterocycles. The third-order valence-corrected chi connectivity index (χ3v) is 5.43. The summed E-state index contributed by atoms with van der Waals surface area (Å²) in [7, 11) is 0. The van der Waals surface area contributed by atoms with Gasteiger partial charge in [-0.1, -0.05) is 11.8 Å². The van der Waals surface area contributed by atoms with Crippen molar-refractivity contribution >= 4 is 23.5 Å². The molecule has 1 N–H and O–H groups in total. The number of thioether (sulfide) groups is 2. The minimum Gasteiger partial charge on any atom is -0.301 e. The van der Waals surface area contributed by atoms with Crippen LogP contribution in [-0.4, -0.2) is 21.2 Å². The van der Waals surface area contributed by atoms with Crippen LogP contribution < -0.4 is 5.56 Å². The Morgan fingerprint density at radius 3 is 2.83 bits per heavy atom. The van der Waals surface area contributed by atoms with Crippen molar-refractivity contribution in [3.8, 4) is 0 Å². The zero-order valence-corrected chi connectivity index (χ0v) is 14.4. The molecule has 1 aliphatic carbocycles. The highest BCUT2D eigenvalue weighted by Crippen LogP contribution is 2.37. The Morgan fingerprint density at radius 1 is 1.33 bits per heavy atom. The van der Waals surface area contributed by atoms with Gasteiger partial charge in [-0.15, -0.1) is 11.8 Å². The smallest absolute Gasteiger partial charge is 0.301 e. The topological polar surface area (TPSA) is 58.6 Å². The van der Waals surface area contributed by atoms with Crippen molar-refractivity contribution in [3.05, 3.63) is 45.0 Å². The largest absolute Gasteiger partial charge is 0.416 e. The van der Waals surface area contributed by atoms with E-state index < -0.39 is 11.7 Å². The Hall–Kier alpha value is -1.48. The number of halogens is 3. The summed E-state index contributed by atoms with van der Waals surface area (Å²) in [6.45, 7) is 0. The molecule has 0 fully saturated rings. The lowest BCUT2D eigenvalue weighted by Gasteiger charge is -2.14. The lowest BCUT2D eigenvalue weighted by molar-refractivity contribution is -0.138. The molecular weight excluding hydrogens is 359 g/mol. The van der Waals surface area contributed by atoms with E-state index in [1.165, 1.54) is 18.0 Å². The zero-order valence-electron chi connectivity index (χ0n) is 12.7. The predicted octanol–water partition coefficient (Wildman–Crippen LogP) is 3.69. The number of H-pyrrole nitrogens is 1. The van der Waals surface area contributed by atoms with E-state index in [0.717, 1.165) is 36.4 Å². The lowest BCUT2D eigenvalue weighted by Crippen LogP contribution is -2.15. The molecule has 0 radical (unpaired) electrons. The predicted molar refractivity (Wildman–Crippen MR) is 87.5 cm³/mol. The fraction of sp³-hybridized carbons (Fsp3) is 0.400. The number of nitrogens with one attached hydrogen (secondary N) is 1. The highest BCUT2D eigenvalue weighted by atomic mass is 32.2. The van der Waals surface area contributed by atoms with Crippen molar-refractivity contribution in [1.82, 2.24) is 15.0 Å². The number of aromatic amines is 1. The first-order chi connectivity index (χ1) is 11.4. The molecule has 128 valence electrons. The second-order valence-corrected chi connectivity index (χ2v) is 7.04. The summed E-state index contributed by atoms with van der Waals surface area (Å²) in [6.07, 6.45) is 0.743. The van der Waals surface area contributed by atoms with Crippen molar-refractivity contribution in [2.75, 3.05) is 6.26 Å². The van der Waals surface area contributed by atoms with Crippen molar-refractivity contribution in [2.45, 2.75) is 41.4 Å². The second-order valence-electron chi connectivity index (χ2n) is 5.28. The van der Waals surface area contributed by atoms with Gasteiger partial charge in [-0.2, -0.15) is 13.2 Å². The summed E-state index contributed by atoms with van der Waals surface area (Å²) in [4.78, 5) is 23.0. The Kier molecular flexibility index (Phi) is 4.91. The van der Waals surface area contributed by atoms with Crippen LogP contribution in [0.25, 0.3) is 0 Å². The minimum absolute atomic E-state index is 0.0422. The number of aromatic nitrogens is 3. The first-order valence-corrected chi connectivity index (χ1v) is 9.45. The van der Waals surface area contributed by atoms with E-state index in [4.69, 9.17) is 0 Å². The van der Waals surface area contributed by atoms with E-state index in [1.54, 1.807) is 6.26 Å². The number of alkyl halides is 3. The fourth-order valence-corrected chi connectivity index (χ4v) is 4.28.